The van der Waals surface area contributed by atoms with Crippen molar-refractivity contribution in [2.24, 2.45) is 0 Å². The van der Waals surface area contributed by atoms with Crippen molar-refractivity contribution in [3.63, 3.8) is 0 Å². The summed E-state index contributed by atoms with van der Waals surface area (Å²) in [7, 11) is 2.16. The fourth-order valence-corrected chi connectivity index (χ4v) is 2.84. The van der Waals surface area contributed by atoms with Crippen molar-refractivity contribution in [2.45, 2.75) is 13.0 Å². The minimum absolute atomic E-state index is 0.270. The van der Waals surface area contributed by atoms with Crippen molar-refractivity contribution in [3.05, 3.63) is 30.3 Å². The second-order valence-corrected chi connectivity index (χ2v) is 6.03. The van der Waals surface area contributed by atoms with Gasteiger partial charge >= 0.3 is 0 Å². The zero-order valence-corrected chi connectivity index (χ0v) is 13.1. The Balaban J connectivity index is 1.67. The molecule has 1 aromatic heterocycles. The summed E-state index contributed by atoms with van der Waals surface area (Å²) in [5, 5.41) is 4.29. The normalized spacial score (nSPS) is 18.5. The van der Waals surface area contributed by atoms with Crippen LogP contribution in [-0.4, -0.2) is 65.6 Å². The number of hydrogen-bond acceptors (Lipinski definition) is 5. The predicted octanol–water partition coefficient (Wildman–Crippen LogP) is 1.82. The molecule has 1 saturated heterocycles. The number of rotatable bonds is 4. The minimum Gasteiger partial charge on any atom is -0.366 e. The van der Waals surface area contributed by atoms with E-state index < -0.39 is 0 Å². The number of hydrogen-bond donors (Lipinski definition) is 1. The molecule has 0 amide bonds. The van der Waals surface area contributed by atoms with E-state index in [2.05, 4.69) is 39.1 Å². The molecule has 1 atom stereocenters. The molecular weight excluding hydrogens is 281 g/mol. The highest BCUT2D eigenvalue weighted by Gasteiger charge is 2.16. The van der Waals surface area contributed by atoms with Crippen molar-refractivity contribution in [1.29, 1.82) is 0 Å². The van der Waals surface area contributed by atoms with Crippen LogP contribution in [0.25, 0.3) is 10.9 Å². The van der Waals surface area contributed by atoms with Crippen molar-refractivity contribution < 1.29 is 4.39 Å². The highest BCUT2D eigenvalue weighted by Crippen LogP contribution is 2.20. The number of fused-ring (bicyclic) bond motifs is 1. The van der Waals surface area contributed by atoms with Crippen LogP contribution in [0.15, 0.2) is 24.5 Å². The molecule has 0 bridgehead atoms. The average molecular weight is 303 g/mol. The van der Waals surface area contributed by atoms with Crippen LogP contribution in [0.1, 0.15) is 6.92 Å². The molecule has 6 heteroatoms. The lowest BCUT2D eigenvalue weighted by molar-refractivity contribution is 0.151. The average Bonchev–Trinajstić information content (AvgIpc) is 2.49. The van der Waals surface area contributed by atoms with Crippen LogP contribution in [0.4, 0.5) is 10.2 Å². The van der Waals surface area contributed by atoms with E-state index in [4.69, 9.17) is 0 Å². The van der Waals surface area contributed by atoms with E-state index in [1.165, 1.54) is 18.5 Å². The number of anilines is 1. The quantitative estimate of drug-likeness (QED) is 0.933. The van der Waals surface area contributed by atoms with Crippen LogP contribution >= 0.6 is 0 Å². The first kappa shape index (κ1) is 15.1. The van der Waals surface area contributed by atoms with Gasteiger partial charge in [0.15, 0.2) is 0 Å². The van der Waals surface area contributed by atoms with Gasteiger partial charge in [0.1, 0.15) is 18.0 Å². The van der Waals surface area contributed by atoms with E-state index in [1.54, 1.807) is 6.07 Å². The fraction of sp³-hybridized carbons (Fsp3) is 0.500. The first-order chi connectivity index (χ1) is 10.6. The lowest BCUT2D eigenvalue weighted by atomic mass is 10.2. The second kappa shape index (κ2) is 6.54. The summed E-state index contributed by atoms with van der Waals surface area (Å²) in [6, 6.07) is 4.89. The summed E-state index contributed by atoms with van der Waals surface area (Å²) in [6.45, 7) is 7.54. The lowest BCUT2D eigenvalue weighted by Crippen LogP contribution is -2.47. The lowest BCUT2D eigenvalue weighted by Gasteiger charge is -2.34. The molecule has 5 nitrogen and oxygen atoms in total. The first-order valence-electron chi connectivity index (χ1n) is 7.69. The topological polar surface area (TPSA) is 44.3 Å². The van der Waals surface area contributed by atoms with Gasteiger partial charge < -0.3 is 10.2 Å². The molecule has 2 heterocycles. The standard InChI is InChI=1S/C16H22FN5/c1-12(10-22-7-5-21(2)6-8-22)20-16-14-4-3-13(17)9-15(14)18-11-19-16/h3-4,9,11-12H,5-8,10H2,1-2H3,(H,18,19,20)/t12-/m0/s1. The van der Waals surface area contributed by atoms with Crippen LogP contribution in [0, 0.1) is 5.82 Å². The van der Waals surface area contributed by atoms with Gasteiger partial charge in [0.05, 0.1) is 5.52 Å². The third-order valence-corrected chi connectivity index (χ3v) is 4.11. The molecule has 0 aliphatic carbocycles. The molecule has 1 aromatic carbocycles. The number of benzene rings is 1. The molecule has 1 fully saturated rings. The number of aromatic nitrogens is 2. The molecule has 2 aromatic rings. The fourth-order valence-electron chi connectivity index (χ4n) is 2.84. The number of nitrogens with zero attached hydrogens (tertiary/aromatic N) is 4. The second-order valence-electron chi connectivity index (χ2n) is 6.03. The summed E-state index contributed by atoms with van der Waals surface area (Å²) in [5.41, 5.74) is 0.629. The molecule has 1 aliphatic heterocycles. The van der Waals surface area contributed by atoms with Crippen molar-refractivity contribution >= 4 is 16.7 Å². The van der Waals surface area contributed by atoms with Crippen LogP contribution in [0.3, 0.4) is 0 Å². The highest BCUT2D eigenvalue weighted by atomic mass is 19.1. The van der Waals surface area contributed by atoms with E-state index in [1.807, 2.05) is 0 Å². The maximum atomic E-state index is 13.3. The highest BCUT2D eigenvalue weighted by molar-refractivity contribution is 5.88. The maximum Gasteiger partial charge on any atom is 0.137 e. The summed E-state index contributed by atoms with van der Waals surface area (Å²) in [5.74, 6) is 0.495. The third kappa shape index (κ3) is 3.51. The van der Waals surface area contributed by atoms with Gasteiger partial charge in [-0.3, -0.25) is 4.90 Å². The first-order valence-corrected chi connectivity index (χ1v) is 7.69. The van der Waals surface area contributed by atoms with E-state index in [-0.39, 0.29) is 11.9 Å². The SMILES string of the molecule is C[C@@H](CN1CCN(C)CC1)Nc1ncnc2cc(F)ccc12. The van der Waals surface area contributed by atoms with Gasteiger partial charge in [0.2, 0.25) is 0 Å². The van der Waals surface area contributed by atoms with Gasteiger partial charge in [0, 0.05) is 50.2 Å². The van der Waals surface area contributed by atoms with Crippen molar-refractivity contribution in [1.82, 2.24) is 19.8 Å². The zero-order chi connectivity index (χ0) is 15.5. The summed E-state index contributed by atoms with van der Waals surface area (Å²) >= 11 is 0. The number of halogens is 1. The van der Waals surface area contributed by atoms with E-state index in [9.17, 15) is 4.39 Å². The van der Waals surface area contributed by atoms with Gasteiger partial charge in [-0.15, -0.1) is 0 Å². The van der Waals surface area contributed by atoms with Crippen LogP contribution < -0.4 is 5.32 Å². The van der Waals surface area contributed by atoms with Gasteiger partial charge in [-0.1, -0.05) is 0 Å². The third-order valence-electron chi connectivity index (χ3n) is 4.11. The van der Waals surface area contributed by atoms with Crippen LogP contribution in [0.2, 0.25) is 0 Å². The largest absolute Gasteiger partial charge is 0.366 e. The number of likely N-dealkylation sites (N-methyl/N-ethyl adjacent to an activating group) is 1. The van der Waals surface area contributed by atoms with E-state index in [0.29, 0.717) is 5.52 Å². The molecule has 0 spiro atoms. The molecule has 0 saturated carbocycles. The molecule has 0 unspecified atom stereocenters. The van der Waals surface area contributed by atoms with Gasteiger partial charge in [-0.25, -0.2) is 14.4 Å². The Morgan fingerprint density at radius 2 is 2.00 bits per heavy atom. The summed E-state index contributed by atoms with van der Waals surface area (Å²) in [6.07, 6.45) is 1.48. The van der Waals surface area contributed by atoms with Crippen LogP contribution in [-0.2, 0) is 0 Å². The van der Waals surface area contributed by atoms with Gasteiger partial charge in [0.25, 0.3) is 0 Å². The maximum absolute atomic E-state index is 13.3. The molecule has 3 rings (SSSR count). The van der Waals surface area contributed by atoms with Gasteiger partial charge in [-0.2, -0.15) is 0 Å². The Bertz CT molecular complexity index is 639. The Hall–Kier alpha value is -1.79. The van der Waals surface area contributed by atoms with Gasteiger partial charge in [-0.05, 0) is 26.1 Å². The monoisotopic (exact) mass is 303 g/mol. The molecule has 118 valence electrons. The number of piperazine rings is 1. The predicted molar refractivity (Wildman–Crippen MR) is 86.5 cm³/mol. The summed E-state index contributed by atoms with van der Waals surface area (Å²) < 4.78 is 13.3. The Labute approximate surface area is 130 Å². The molecule has 0 radical (unpaired) electrons. The molecule has 1 aliphatic rings. The summed E-state index contributed by atoms with van der Waals surface area (Å²) in [4.78, 5) is 13.2. The van der Waals surface area contributed by atoms with E-state index in [0.717, 1.165) is 43.9 Å². The molecule has 1 N–H and O–H groups in total. The molecule has 22 heavy (non-hydrogen) atoms. The zero-order valence-electron chi connectivity index (χ0n) is 13.1. The Kier molecular flexibility index (Phi) is 4.49. The smallest absolute Gasteiger partial charge is 0.137 e. The van der Waals surface area contributed by atoms with Crippen LogP contribution in [0.5, 0.6) is 0 Å². The van der Waals surface area contributed by atoms with Crippen molar-refractivity contribution in [2.75, 3.05) is 45.1 Å². The van der Waals surface area contributed by atoms with Crippen molar-refractivity contribution in [3.8, 4) is 0 Å². The minimum atomic E-state index is -0.275. The molecular formula is C16H22FN5. The Morgan fingerprint density at radius 3 is 2.77 bits per heavy atom. The Morgan fingerprint density at radius 1 is 1.23 bits per heavy atom. The number of nitrogens with one attached hydrogen (secondary N) is 1. The van der Waals surface area contributed by atoms with E-state index >= 15 is 0 Å².